The lowest BCUT2D eigenvalue weighted by molar-refractivity contribution is -0.0241. The van der Waals surface area contributed by atoms with Crippen LogP contribution in [-0.4, -0.2) is 0 Å². The van der Waals surface area contributed by atoms with E-state index in [1.807, 2.05) is 0 Å². The number of hydrogen-bond acceptors (Lipinski definition) is 0. The molecule has 2 atom stereocenters. The van der Waals surface area contributed by atoms with E-state index in [0.717, 1.165) is 5.92 Å². The molecule has 2 unspecified atom stereocenters. The van der Waals surface area contributed by atoms with Gasteiger partial charge in [-0.1, -0.05) is 34.1 Å². The van der Waals surface area contributed by atoms with E-state index in [1.165, 1.54) is 38.5 Å². The quantitative estimate of drug-likeness (QED) is 0.527. The maximum Gasteiger partial charge on any atom is -0.0266 e. The highest BCUT2D eigenvalue weighted by Crippen LogP contribution is 2.58. The normalized spacial score (nSPS) is 43.3. The fraction of sp³-hybridized carbons (Fsp3) is 0.929. The average molecular weight is 193 g/mol. The monoisotopic (exact) mass is 193 g/mol. The molecule has 2 saturated carbocycles. The van der Waals surface area contributed by atoms with Crippen molar-refractivity contribution in [2.24, 2.45) is 16.7 Å². The smallest absolute Gasteiger partial charge is 0.0266 e. The van der Waals surface area contributed by atoms with Crippen molar-refractivity contribution in [1.29, 1.82) is 0 Å². The summed E-state index contributed by atoms with van der Waals surface area (Å²) in [5.41, 5.74) is 1.25. The standard InChI is InChI=1S/C14H25/c1-11-6-7-12-13(2,3)8-5-9-14(12,4)10-11/h12H,5-10H2,1-4H3. The van der Waals surface area contributed by atoms with Crippen molar-refractivity contribution in [2.75, 3.05) is 0 Å². The van der Waals surface area contributed by atoms with E-state index in [0.29, 0.717) is 10.8 Å². The van der Waals surface area contributed by atoms with Gasteiger partial charge in [0.2, 0.25) is 0 Å². The lowest BCUT2D eigenvalue weighted by atomic mass is 9.50. The summed E-state index contributed by atoms with van der Waals surface area (Å²) in [7, 11) is 0. The summed E-state index contributed by atoms with van der Waals surface area (Å²) < 4.78 is 0. The molecule has 0 amide bonds. The molecule has 0 aromatic rings. The molecule has 0 N–H and O–H groups in total. The fourth-order valence-electron chi connectivity index (χ4n) is 4.36. The molecule has 0 nitrogen and oxygen atoms in total. The molecular weight excluding hydrogens is 168 g/mol. The van der Waals surface area contributed by atoms with E-state index in [-0.39, 0.29) is 0 Å². The molecule has 0 saturated heterocycles. The van der Waals surface area contributed by atoms with E-state index in [2.05, 4.69) is 27.7 Å². The fourth-order valence-corrected chi connectivity index (χ4v) is 4.36. The average Bonchev–Trinajstić information content (AvgIpc) is 2.00. The van der Waals surface area contributed by atoms with Crippen molar-refractivity contribution in [3.05, 3.63) is 5.92 Å². The Balaban J connectivity index is 2.21. The SMILES string of the molecule is C[C]1CCC2C(C)(C)CCCC2(C)C1. The molecular formula is C14H25. The molecule has 0 spiro atoms. The molecule has 2 aliphatic carbocycles. The second-order valence-corrected chi connectivity index (χ2v) is 6.72. The third kappa shape index (κ3) is 1.61. The van der Waals surface area contributed by atoms with Gasteiger partial charge in [0.15, 0.2) is 0 Å². The Labute approximate surface area is 89.5 Å². The van der Waals surface area contributed by atoms with Gasteiger partial charge < -0.3 is 0 Å². The van der Waals surface area contributed by atoms with Crippen LogP contribution in [0.25, 0.3) is 0 Å². The third-order valence-corrected chi connectivity index (χ3v) is 4.92. The van der Waals surface area contributed by atoms with Gasteiger partial charge in [0, 0.05) is 0 Å². The minimum Gasteiger partial charge on any atom is -0.0596 e. The summed E-state index contributed by atoms with van der Waals surface area (Å²) in [6.45, 7) is 9.90. The van der Waals surface area contributed by atoms with E-state index in [9.17, 15) is 0 Å². The summed E-state index contributed by atoms with van der Waals surface area (Å²) in [5, 5.41) is 0. The van der Waals surface area contributed by atoms with Crippen LogP contribution in [0.15, 0.2) is 0 Å². The largest absolute Gasteiger partial charge is 0.0596 e. The molecule has 0 heteroatoms. The van der Waals surface area contributed by atoms with Crippen LogP contribution in [0.4, 0.5) is 0 Å². The summed E-state index contributed by atoms with van der Waals surface area (Å²) in [6.07, 6.45) is 8.62. The Kier molecular flexibility index (Phi) is 2.44. The van der Waals surface area contributed by atoms with E-state index >= 15 is 0 Å². The molecule has 2 rings (SSSR count). The zero-order chi connectivity index (χ0) is 10.4. The zero-order valence-corrected chi connectivity index (χ0v) is 10.3. The van der Waals surface area contributed by atoms with E-state index in [4.69, 9.17) is 0 Å². The number of hydrogen-bond donors (Lipinski definition) is 0. The first-order valence-corrected chi connectivity index (χ1v) is 6.25. The van der Waals surface area contributed by atoms with Gasteiger partial charge in [0.25, 0.3) is 0 Å². The van der Waals surface area contributed by atoms with Crippen LogP contribution in [0.2, 0.25) is 0 Å². The molecule has 0 aromatic heterocycles. The summed E-state index contributed by atoms with van der Waals surface area (Å²) in [4.78, 5) is 0. The second kappa shape index (κ2) is 3.25. The van der Waals surface area contributed by atoms with Crippen molar-refractivity contribution in [3.63, 3.8) is 0 Å². The highest BCUT2D eigenvalue weighted by Gasteiger charge is 2.48. The van der Waals surface area contributed by atoms with Gasteiger partial charge in [-0.05, 0) is 54.8 Å². The van der Waals surface area contributed by atoms with Crippen molar-refractivity contribution in [3.8, 4) is 0 Å². The number of rotatable bonds is 0. The Hall–Kier alpha value is 0. The summed E-state index contributed by atoms with van der Waals surface area (Å²) in [6, 6.07) is 0. The van der Waals surface area contributed by atoms with Crippen molar-refractivity contribution >= 4 is 0 Å². The molecule has 2 aliphatic rings. The van der Waals surface area contributed by atoms with Crippen molar-refractivity contribution in [2.45, 2.75) is 66.2 Å². The first-order valence-electron chi connectivity index (χ1n) is 6.25. The predicted molar refractivity (Wildman–Crippen MR) is 62.0 cm³/mol. The summed E-state index contributed by atoms with van der Waals surface area (Å²) >= 11 is 0. The Morgan fingerprint density at radius 2 is 1.86 bits per heavy atom. The van der Waals surface area contributed by atoms with Crippen LogP contribution in [0, 0.1) is 22.7 Å². The van der Waals surface area contributed by atoms with Crippen LogP contribution >= 0.6 is 0 Å². The zero-order valence-electron chi connectivity index (χ0n) is 10.3. The molecule has 14 heavy (non-hydrogen) atoms. The molecule has 0 bridgehead atoms. The van der Waals surface area contributed by atoms with E-state index < -0.39 is 0 Å². The first kappa shape index (κ1) is 10.5. The van der Waals surface area contributed by atoms with Crippen molar-refractivity contribution < 1.29 is 0 Å². The maximum atomic E-state index is 2.54. The maximum absolute atomic E-state index is 2.54. The Morgan fingerprint density at radius 1 is 1.14 bits per heavy atom. The number of fused-ring (bicyclic) bond motifs is 1. The third-order valence-electron chi connectivity index (χ3n) is 4.92. The molecule has 0 aliphatic heterocycles. The Bertz CT molecular complexity index is 216. The summed E-state index contributed by atoms with van der Waals surface area (Å²) in [5.74, 6) is 2.73. The minimum atomic E-state index is 0.605. The first-order chi connectivity index (χ1) is 6.44. The molecule has 1 radical (unpaired) electrons. The van der Waals surface area contributed by atoms with Gasteiger partial charge in [-0.2, -0.15) is 0 Å². The molecule has 0 aromatic carbocycles. The second-order valence-electron chi connectivity index (χ2n) is 6.72. The van der Waals surface area contributed by atoms with Crippen LogP contribution in [0.5, 0.6) is 0 Å². The van der Waals surface area contributed by atoms with Gasteiger partial charge in [-0.15, -0.1) is 0 Å². The van der Waals surface area contributed by atoms with Crippen LogP contribution in [-0.2, 0) is 0 Å². The van der Waals surface area contributed by atoms with Gasteiger partial charge in [-0.3, -0.25) is 0 Å². The highest BCUT2D eigenvalue weighted by atomic mass is 14.5. The lowest BCUT2D eigenvalue weighted by Gasteiger charge is -2.55. The van der Waals surface area contributed by atoms with E-state index in [1.54, 1.807) is 5.92 Å². The topological polar surface area (TPSA) is 0 Å². The minimum absolute atomic E-state index is 0.605. The van der Waals surface area contributed by atoms with Gasteiger partial charge >= 0.3 is 0 Å². The Morgan fingerprint density at radius 3 is 2.57 bits per heavy atom. The van der Waals surface area contributed by atoms with Crippen LogP contribution in [0.1, 0.15) is 66.2 Å². The lowest BCUT2D eigenvalue weighted by Crippen LogP contribution is -2.45. The molecule has 2 fully saturated rings. The molecule has 0 heterocycles. The van der Waals surface area contributed by atoms with Gasteiger partial charge in [0.05, 0.1) is 0 Å². The van der Waals surface area contributed by atoms with Crippen molar-refractivity contribution in [1.82, 2.24) is 0 Å². The molecule has 81 valence electrons. The highest BCUT2D eigenvalue weighted by molar-refractivity contribution is 5.06. The van der Waals surface area contributed by atoms with Crippen LogP contribution in [0.3, 0.4) is 0 Å². The van der Waals surface area contributed by atoms with Crippen LogP contribution < -0.4 is 0 Å². The van der Waals surface area contributed by atoms with Gasteiger partial charge in [0.1, 0.15) is 0 Å². The van der Waals surface area contributed by atoms with Gasteiger partial charge in [-0.25, -0.2) is 0 Å². The predicted octanol–water partition coefficient (Wildman–Crippen LogP) is 4.60.